The first kappa shape index (κ1) is 21.6. The summed E-state index contributed by atoms with van der Waals surface area (Å²) in [6.07, 6.45) is 1.80. The molecule has 3 heterocycles. The number of aromatic nitrogens is 1. The molecule has 1 amide bonds. The minimum absolute atomic E-state index is 0.210. The molecule has 1 fully saturated rings. The van der Waals surface area contributed by atoms with Gasteiger partial charge in [0.15, 0.2) is 0 Å². The molecule has 1 saturated heterocycles. The van der Waals surface area contributed by atoms with Gasteiger partial charge in [-0.3, -0.25) is 9.69 Å². The Balaban J connectivity index is 1.73. The van der Waals surface area contributed by atoms with E-state index in [0.29, 0.717) is 39.6 Å². The lowest BCUT2D eigenvalue weighted by molar-refractivity contribution is -0.110. The number of amides is 1. The maximum atomic E-state index is 12.7. The van der Waals surface area contributed by atoms with Crippen molar-refractivity contribution in [3.63, 3.8) is 0 Å². The van der Waals surface area contributed by atoms with E-state index in [1.54, 1.807) is 31.2 Å². The third-order valence-corrected chi connectivity index (χ3v) is 6.55. The number of fused-ring (bicyclic) bond motifs is 1. The van der Waals surface area contributed by atoms with E-state index >= 15 is 0 Å². The van der Waals surface area contributed by atoms with Gasteiger partial charge in [-0.05, 0) is 50.7 Å². The Bertz CT molecular complexity index is 1080. The van der Waals surface area contributed by atoms with Crippen LogP contribution in [0.2, 0.25) is 5.02 Å². The molecule has 2 aliphatic heterocycles. The number of carbonyl (C=O) groups excluding carboxylic acids is 1. The number of likely N-dealkylation sites (N-methyl/N-ethyl adjacent to an activating group) is 1. The molecule has 164 valence electrons. The zero-order chi connectivity index (χ0) is 22.3. The number of carboxylic acid groups (broad SMARTS) is 1. The van der Waals surface area contributed by atoms with Crippen molar-refractivity contribution in [3.05, 3.63) is 51.3 Å². The fraction of sp³-hybridized carbons (Fsp3) is 0.391. The minimum Gasteiger partial charge on any atom is -0.478 e. The van der Waals surface area contributed by atoms with Gasteiger partial charge in [-0.15, -0.1) is 0 Å². The molecule has 8 heteroatoms. The second kappa shape index (κ2) is 8.49. The summed E-state index contributed by atoms with van der Waals surface area (Å²) in [7, 11) is 2.12. The van der Waals surface area contributed by atoms with E-state index in [-0.39, 0.29) is 5.91 Å². The van der Waals surface area contributed by atoms with Gasteiger partial charge in [0, 0.05) is 66.9 Å². The smallest absolute Gasteiger partial charge is 0.337 e. The Hall–Kier alpha value is -2.61. The van der Waals surface area contributed by atoms with Crippen molar-refractivity contribution in [2.45, 2.75) is 20.4 Å². The summed E-state index contributed by atoms with van der Waals surface area (Å²) >= 11 is 6.16. The average molecular weight is 443 g/mol. The molecule has 0 spiro atoms. The summed E-state index contributed by atoms with van der Waals surface area (Å²) < 4.78 is 2.03. The van der Waals surface area contributed by atoms with Crippen LogP contribution in [-0.4, -0.2) is 71.1 Å². The van der Waals surface area contributed by atoms with Gasteiger partial charge in [-0.25, -0.2) is 4.79 Å². The van der Waals surface area contributed by atoms with Gasteiger partial charge in [-0.1, -0.05) is 11.6 Å². The molecule has 2 aliphatic rings. The zero-order valence-electron chi connectivity index (χ0n) is 18.0. The maximum Gasteiger partial charge on any atom is 0.337 e. The van der Waals surface area contributed by atoms with E-state index in [4.69, 9.17) is 11.6 Å². The van der Waals surface area contributed by atoms with Crippen molar-refractivity contribution < 1.29 is 14.7 Å². The number of nitrogens with zero attached hydrogens (tertiary/aromatic N) is 3. The van der Waals surface area contributed by atoms with E-state index < -0.39 is 5.97 Å². The Morgan fingerprint density at radius 3 is 2.58 bits per heavy atom. The molecular formula is C23H27ClN4O3. The van der Waals surface area contributed by atoms with E-state index in [2.05, 4.69) is 22.2 Å². The summed E-state index contributed by atoms with van der Waals surface area (Å²) in [5.74, 6) is -1.16. The molecule has 2 aromatic rings. The fourth-order valence-electron chi connectivity index (χ4n) is 4.46. The van der Waals surface area contributed by atoms with Crippen LogP contribution >= 0.6 is 11.6 Å². The molecule has 1 aromatic heterocycles. The van der Waals surface area contributed by atoms with Gasteiger partial charge < -0.3 is 19.9 Å². The highest BCUT2D eigenvalue weighted by Gasteiger charge is 2.27. The van der Waals surface area contributed by atoms with E-state index in [9.17, 15) is 14.7 Å². The van der Waals surface area contributed by atoms with Gasteiger partial charge in [0.25, 0.3) is 5.91 Å². The molecule has 0 radical (unpaired) electrons. The number of piperazine rings is 1. The number of halogens is 1. The Kier molecular flexibility index (Phi) is 5.92. The predicted molar refractivity (Wildman–Crippen MR) is 123 cm³/mol. The quantitative estimate of drug-likeness (QED) is 0.695. The lowest BCUT2D eigenvalue weighted by Crippen LogP contribution is -2.45. The molecule has 0 aliphatic carbocycles. The van der Waals surface area contributed by atoms with Gasteiger partial charge in [0.1, 0.15) is 0 Å². The standard InChI is InChI=1S/C23H27ClN4O3/c1-14-20(13-18-17-12-16(24)4-5-19(17)25-22(18)29)28(15(2)21(14)23(30)31)11-10-27-8-6-26(3)7-9-27/h4-5,12-13H,6-11H2,1-3H3,(H,25,29)(H,30,31)/b18-13-. The number of hydrogen-bond acceptors (Lipinski definition) is 4. The largest absolute Gasteiger partial charge is 0.478 e. The molecule has 1 aromatic carbocycles. The molecule has 0 saturated carbocycles. The minimum atomic E-state index is -0.952. The van der Waals surface area contributed by atoms with Crippen LogP contribution in [-0.2, 0) is 11.3 Å². The lowest BCUT2D eigenvalue weighted by atomic mass is 10.0. The number of carbonyl (C=O) groups is 2. The van der Waals surface area contributed by atoms with Crippen LogP contribution in [0.4, 0.5) is 5.69 Å². The number of aromatic carboxylic acids is 1. The van der Waals surface area contributed by atoms with Crippen molar-refractivity contribution in [1.82, 2.24) is 14.4 Å². The zero-order valence-corrected chi connectivity index (χ0v) is 18.8. The molecule has 31 heavy (non-hydrogen) atoms. The van der Waals surface area contributed by atoms with Crippen LogP contribution in [0.3, 0.4) is 0 Å². The molecular weight excluding hydrogens is 416 g/mol. The molecule has 0 unspecified atom stereocenters. The van der Waals surface area contributed by atoms with Crippen molar-refractivity contribution >= 4 is 40.8 Å². The van der Waals surface area contributed by atoms with Gasteiger partial charge in [-0.2, -0.15) is 0 Å². The summed E-state index contributed by atoms with van der Waals surface area (Å²) in [5, 5.41) is 13.2. The monoisotopic (exact) mass is 442 g/mol. The van der Waals surface area contributed by atoms with E-state index in [1.807, 2.05) is 11.5 Å². The van der Waals surface area contributed by atoms with Crippen LogP contribution in [0.5, 0.6) is 0 Å². The molecule has 4 rings (SSSR count). The summed E-state index contributed by atoms with van der Waals surface area (Å²) in [4.78, 5) is 29.3. The van der Waals surface area contributed by atoms with Crippen molar-refractivity contribution in [2.24, 2.45) is 0 Å². The summed E-state index contributed by atoms with van der Waals surface area (Å²) in [5.41, 5.74) is 4.37. The highest BCUT2D eigenvalue weighted by atomic mass is 35.5. The summed E-state index contributed by atoms with van der Waals surface area (Å²) in [6, 6.07) is 5.28. The first-order valence-electron chi connectivity index (χ1n) is 10.4. The van der Waals surface area contributed by atoms with Gasteiger partial charge in [0.2, 0.25) is 0 Å². The Morgan fingerprint density at radius 1 is 1.19 bits per heavy atom. The fourth-order valence-corrected chi connectivity index (χ4v) is 4.63. The molecule has 0 bridgehead atoms. The van der Waals surface area contributed by atoms with Crippen LogP contribution in [0.25, 0.3) is 11.6 Å². The number of rotatable bonds is 5. The average Bonchev–Trinajstić information content (AvgIpc) is 3.15. The van der Waals surface area contributed by atoms with Gasteiger partial charge in [0.05, 0.1) is 11.1 Å². The van der Waals surface area contributed by atoms with Crippen molar-refractivity contribution in [3.8, 4) is 0 Å². The Morgan fingerprint density at radius 2 is 1.90 bits per heavy atom. The first-order chi connectivity index (χ1) is 14.8. The van der Waals surface area contributed by atoms with E-state index in [0.717, 1.165) is 44.0 Å². The molecule has 2 N–H and O–H groups in total. The van der Waals surface area contributed by atoms with Gasteiger partial charge >= 0.3 is 5.97 Å². The highest BCUT2D eigenvalue weighted by molar-refractivity contribution is 6.36. The van der Waals surface area contributed by atoms with Crippen LogP contribution in [0.15, 0.2) is 18.2 Å². The molecule has 0 atom stereocenters. The number of hydrogen-bond donors (Lipinski definition) is 2. The van der Waals surface area contributed by atoms with Crippen LogP contribution < -0.4 is 5.32 Å². The highest BCUT2D eigenvalue weighted by Crippen LogP contribution is 2.36. The third kappa shape index (κ3) is 4.13. The number of carboxylic acids is 1. The van der Waals surface area contributed by atoms with Crippen LogP contribution in [0, 0.1) is 13.8 Å². The predicted octanol–water partition coefficient (Wildman–Crippen LogP) is 3.20. The second-order valence-corrected chi connectivity index (χ2v) is 8.71. The van der Waals surface area contributed by atoms with Crippen molar-refractivity contribution in [2.75, 3.05) is 45.1 Å². The topological polar surface area (TPSA) is 77.8 Å². The normalized spacial score (nSPS) is 18.5. The second-order valence-electron chi connectivity index (χ2n) is 8.27. The van der Waals surface area contributed by atoms with Crippen LogP contribution in [0.1, 0.15) is 32.9 Å². The third-order valence-electron chi connectivity index (χ3n) is 6.31. The molecule has 7 nitrogen and oxygen atoms in total. The van der Waals surface area contributed by atoms with Crippen molar-refractivity contribution in [1.29, 1.82) is 0 Å². The van der Waals surface area contributed by atoms with E-state index in [1.165, 1.54) is 0 Å². The number of nitrogens with one attached hydrogen (secondary N) is 1. The Labute approximate surface area is 186 Å². The lowest BCUT2D eigenvalue weighted by Gasteiger charge is -2.32. The maximum absolute atomic E-state index is 12.7. The summed E-state index contributed by atoms with van der Waals surface area (Å²) in [6.45, 7) is 9.16. The first-order valence-corrected chi connectivity index (χ1v) is 10.8. The SMILES string of the molecule is Cc1c(C(=O)O)c(C)n(CCN2CCN(C)CC2)c1/C=C1\C(=O)Nc2ccc(Cl)cc21. The number of benzene rings is 1. The number of anilines is 1.